The lowest BCUT2D eigenvalue weighted by atomic mass is 10.2. The predicted octanol–water partition coefficient (Wildman–Crippen LogP) is 3.48. The van der Waals surface area contributed by atoms with Gasteiger partial charge in [-0.3, -0.25) is 9.59 Å². The van der Waals surface area contributed by atoms with Crippen LogP contribution in [0, 0.1) is 11.6 Å². The van der Waals surface area contributed by atoms with E-state index in [0.29, 0.717) is 23.9 Å². The number of aromatic nitrogens is 2. The van der Waals surface area contributed by atoms with Crippen molar-refractivity contribution in [2.75, 3.05) is 5.32 Å². The normalized spacial score (nSPS) is 12.5. The number of carbonyl (C=O) groups excluding carboxylic acids is 2. The molecular weight excluding hydrogens is 410 g/mol. The van der Waals surface area contributed by atoms with Gasteiger partial charge >= 0.3 is 0 Å². The molecule has 0 bridgehead atoms. The quantitative estimate of drug-likeness (QED) is 0.630. The summed E-state index contributed by atoms with van der Waals surface area (Å²) in [6.45, 7) is 0.310. The summed E-state index contributed by atoms with van der Waals surface area (Å²) in [7, 11) is 0. The second-order valence-electron chi connectivity index (χ2n) is 6.77. The summed E-state index contributed by atoms with van der Waals surface area (Å²) in [5.41, 5.74) is 2.59. The van der Waals surface area contributed by atoms with Crippen LogP contribution >= 0.6 is 11.8 Å². The summed E-state index contributed by atoms with van der Waals surface area (Å²) in [5, 5.41) is 9.99. The van der Waals surface area contributed by atoms with Crippen LogP contribution in [-0.2, 0) is 29.4 Å². The monoisotopic (exact) mass is 428 g/mol. The molecule has 0 fully saturated rings. The Morgan fingerprint density at radius 2 is 1.87 bits per heavy atom. The van der Waals surface area contributed by atoms with Gasteiger partial charge in [0.1, 0.15) is 12.4 Å². The van der Waals surface area contributed by atoms with Gasteiger partial charge in [-0.1, -0.05) is 30.3 Å². The molecule has 2 heterocycles. The highest BCUT2D eigenvalue weighted by Gasteiger charge is 2.25. The molecule has 1 aromatic heterocycles. The fraction of sp³-hybridized carbons (Fsp3) is 0.190. The lowest BCUT2D eigenvalue weighted by Crippen LogP contribution is -2.28. The van der Waals surface area contributed by atoms with Gasteiger partial charge in [0.15, 0.2) is 11.6 Å². The van der Waals surface area contributed by atoms with Gasteiger partial charge in [0.05, 0.1) is 5.69 Å². The van der Waals surface area contributed by atoms with Gasteiger partial charge in [-0.15, -0.1) is 0 Å². The zero-order valence-corrected chi connectivity index (χ0v) is 16.6. The minimum atomic E-state index is -1.10. The molecule has 30 heavy (non-hydrogen) atoms. The van der Waals surface area contributed by atoms with Crippen molar-refractivity contribution in [3.8, 4) is 0 Å². The third kappa shape index (κ3) is 4.35. The second-order valence-corrected chi connectivity index (χ2v) is 7.76. The summed E-state index contributed by atoms with van der Waals surface area (Å²) in [5.74, 6) is -1.24. The molecule has 0 unspecified atom stereocenters. The van der Waals surface area contributed by atoms with Gasteiger partial charge in [0, 0.05) is 29.2 Å². The van der Waals surface area contributed by atoms with Crippen molar-refractivity contribution >= 4 is 29.4 Å². The molecule has 9 heteroatoms. The van der Waals surface area contributed by atoms with Crippen molar-refractivity contribution in [2.45, 2.75) is 24.6 Å². The van der Waals surface area contributed by atoms with Crippen LogP contribution in [0.25, 0.3) is 0 Å². The van der Waals surface area contributed by atoms with E-state index in [0.717, 1.165) is 29.0 Å². The van der Waals surface area contributed by atoms with E-state index in [1.165, 1.54) is 10.7 Å². The van der Waals surface area contributed by atoms with Crippen LogP contribution in [0.2, 0.25) is 0 Å². The minimum absolute atomic E-state index is 0.0189. The molecule has 0 saturated carbocycles. The molecule has 0 atom stereocenters. The van der Waals surface area contributed by atoms with Gasteiger partial charge in [-0.2, -0.15) is 16.9 Å². The van der Waals surface area contributed by atoms with Gasteiger partial charge < -0.3 is 10.6 Å². The largest absolute Gasteiger partial charge is 0.350 e. The molecule has 6 nitrogen and oxygen atoms in total. The van der Waals surface area contributed by atoms with Gasteiger partial charge in [0.25, 0.3) is 5.91 Å². The first-order valence-electron chi connectivity index (χ1n) is 9.24. The second kappa shape index (κ2) is 8.66. The molecule has 2 amide bonds. The molecule has 154 valence electrons. The van der Waals surface area contributed by atoms with Crippen LogP contribution in [0.1, 0.15) is 27.2 Å². The number of nitrogens with one attached hydrogen (secondary N) is 2. The number of anilines is 1. The lowest BCUT2D eigenvalue weighted by Gasteiger charge is -2.12. The number of halogens is 2. The fourth-order valence-electron chi connectivity index (χ4n) is 3.13. The Morgan fingerprint density at radius 1 is 1.07 bits per heavy atom. The molecule has 0 saturated heterocycles. The van der Waals surface area contributed by atoms with Crippen molar-refractivity contribution in [1.82, 2.24) is 15.1 Å². The predicted molar refractivity (Wildman–Crippen MR) is 110 cm³/mol. The van der Waals surface area contributed by atoms with E-state index in [4.69, 9.17) is 0 Å². The van der Waals surface area contributed by atoms with E-state index in [1.807, 2.05) is 30.3 Å². The highest BCUT2D eigenvalue weighted by atomic mass is 32.2. The number of hydrogen-bond acceptors (Lipinski definition) is 4. The van der Waals surface area contributed by atoms with Crippen LogP contribution in [0.15, 0.2) is 48.5 Å². The van der Waals surface area contributed by atoms with E-state index in [2.05, 4.69) is 15.7 Å². The molecule has 1 aliphatic rings. The average Bonchev–Trinajstić information content (AvgIpc) is 3.32. The zero-order valence-electron chi connectivity index (χ0n) is 15.8. The van der Waals surface area contributed by atoms with E-state index < -0.39 is 17.5 Å². The number of hydrogen-bond donors (Lipinski definition) is 2. The van der Waals surface area contributed by atoms with Gasteiger partial charge in [-0.05, 0) is 23.8 Å². The van der Waals surface area contributed by atoms with Crippen LogP contribution in [-0.4, -0.2) is 21.6 Å². The molecule has 2 aromatic carbocycles. The van der Waals surface area contributed by atoms with E-state index in [9.17, 15) is 18.4 Å². The van der Waals surface area contributed by atoms with Crippen molar-refractivity contribution in [1.29, 1.82) is 0 Å². The number of carbonyl (C=O) groups is 2. The first-order valence-corrected chi connectivity index (χ1v) is 10.4. The fourth-order valence-corrected chi connectivity index (χ4v) is 4.16. The lowest BCUT2D eigenvalue weighted by molar-refractivity contribution is -0.122. The van der Waals surface area contributed by atoms with Gasteiger partial charge in [0.2, 0.25) is 5.91 Å². The Labute approximate surface area is 175 Å². The summed E-state index contributed by atoms with van der Waals surface area (Å²) in [6.07, 6.45) is 0. The third-order valence-electron chi connectivity index (χ3n) is 4.66. The number of rotatable bonds is 6. The molecule has 0 aliphatic carbocycles. The van der Waals surface area contributed by atoms with Crippen molar-refractivity contribution in [3.05, 3.63) is 82.5 Å². The number of benzene rings is 2. The smallest absolute Gasteiger partial charge is 0.256 e. The molecule has 1 aliphatic heterocycles. The van der Waals surface area contributed by atoms with E-state index in [-0.39, 0.29) is 18.0 Å². The average molecular weight is 428 g/mol. The molecule has 4 rings (SSSR count). The standard InChI is InChI=1S/C21H18F2N4O2S/c22-16-7-6-14(8-17(16)23)21(29)25-20-15-11-30-12-18(15)26-27(20)10-19(28)24-9-13-4-2-1-3-5-13/h1-8H,9-12H2,(H,24,28)(H,25,29). The highest BCUT2D eigenvalue weighted by Crippen LogP contribution is 2.34. The van der Waals surface area contributed by atoms with Crippen LogP contribution in [0.4, 0.5) is 14.6 Å². The van der Waals surface area contributed by atoms with Gasteiger partial charge in [-0.25, -0.2) is 13.5 Å². The van der Waals surface area contributed by atoms with Crippen molar-refractivity contribution < 1.29 is 18.4 Å². The van der Waals surface area contributed by atoms with E-state index in [1.54, 1.807) is 11.8 Å². The first kappa shape index (κ1) is 20.1. The number of amides is 2. The summed E-state index contributed by atoms with van der Waals surface area (Å²) >= 11 is 1.65. The SMILES string of the molecule is O=C(Cn1nc2c(c1NC(=O)c1ccc(F)c(F)c1)CSC2)NCc1ccccc1. The Hall–Kier alpha value is -3.20. The first-order chi connectivity index (χ1) is 14.5. The van der Waals surface area contributed by atoms with Crippen LogP contribution in [0.3, 0.4) is 0 Å². The number of nitrogens with zero attached hydrogens (tertiary/aromatic N) is 2. The maximum Gasteiger partial charge on any atom is 0.256 e. The summed E-state index contributed by atoms with van der Waals surface area (Å²) in [4.78, 5) is 25.0. The van der Waals surface area contributed by atoms with E-state index >= 15 is 0 Å². The molecular formula is C21H18F2N4O2S. The van der Waals surface area contributed by atoms with Crippen molar-refractivity contribution in [2.24, 2.45) is 0 Å². The molecule has 2 N–H and O–H groups in total. The highest BCUT2D eigenvalue weighted by molar-refractivity contribution is 7.98. The van der Waals surface area contributed by atoms with Crippen molar-refractivity contribution in [3.63, 3.8) is 0 Å². The maximum atomic E-state index is 13.5. The Balaban J connectivity index is 1.49. The summed E-state index contributed by atoms with van der Waals surface area (Å²) < 4.78 is 28.1. The summed E-state index contributed by atoms with van der Waals surface area (Å²) in [6, 6.07) is 12.4. The Kier molecular flexibility index (Phi) is 5.80. The zero-order chi connectivity index (χ0) is 21.1. The van der Waals surface area contributed by atoms with Crippen LogP contribution < -0.4 is 10.6 Å². The number of fused-ring (bicyclic) bond motifs is 1. The Bertz CT molecular complexity index is 1100. The number of thioether (sulfide) groups is 1. The maximum absolute atomic E-state index is 13.5. The molecule has 0 radical (unpaired) electrons. The molecule has 3 aromatic rings. The molecule has 0 spiro atoms. The third-order valence-corrected chi connectivity index (χ3v) is 5.63. The minimum Gasteiger partial charge on any atom is -0.350 e. The topological polar surface area (TPSA) is 76.0 Å². The Morgan fingerprint density at radius 3 is 2.63 bits per heavy atom. The van der Waals surface area contributed by atoms with Crippen LogP contribution in [0.5, 0.6) is 0 Å².